The Kier molecular flexibility index (Phi) is 5.54. The van der Waals surface area contributed by atoms with E-state index in [0.717, 1.165) is 10.5 Å². The van der Waals surface area contributed by atoms with Gasteiger partial charge < -0.3 is 9.84 Å². The largest absolute Gasteiger partial charge is 0.496 e. The van der Waals surface area contributed by atoms with Gasteiger partial charge in [-0.2, -0.15) is 13.2 Å². The van der Waals surface area contributed by atoms with Gasteiger partial charge in [-0.1, -0.05) is 0 Å². The molecule has 0 aliphatic rings. The van der Waals surface area contributed by atoms with E-state index in [1.165, 1.54) is 13.3 Å². The maximum atomic E-state index is 12.5. The quantitative estimate of drug-likeness (QED) is 0.872. The minimum atomic E-state index is -4.47. The van der Waals surface area contributed by atoms with Crippen LogP contribution in [-0.4, -0.2) is 47.3 Å². The molecule has 0 bridgehead atoms. The van der Waals surface area contributed by atoms with Gasteiger partial charge in [0.2, 0.25) is 0 Å². The Labute approximate surface area is 120 Å². The molecule has 1 heterocycles. The van der Waals surface area contributed by atoms with Crippen molar-refractivity contribution in [3.8, 4) is 5.75 Å². The summed E-state index contributed by atoms with van der Waals surface area (Å²) in [5.74, 6) is -0.779. The third-order valence-electron chi connectivity index (χ3n) is 2.88. The van der Waals surface area contributed by atoms with E-state index in [2.05, 4.69) is 4.98 Å². The fourth-order valence-electron chi connectivity index (χ4n) is 2.05. The lowest BCUT2D eigenvalue weighted by Crippen LogP contribution is -2.37. The first kappa shape index (κ1) is 17.2. The highest BCUT2D eigenvalue weighted by molar-refractivity contribution is 5.69. The number of aliphatic carboxylic acids is 1. The molecule has 0 saturated heterocycles. The first-order valence-corrected chi connectivity index (χ1v) is 6.14. The number of ether oxygens (including phenoxy) is 1. The van der Waals surface area contributed by atoms with Crippen LogP contribution < -0.4 is 4.74 Å². The number of aromatic nitrogens is 1. The Bertz CT molecular complexity index is 518. The summed E-state index contributed by atoms with van der Waals surface area (Å²) in [6.07, 6.45) is -2.98. The van der Waals surface area contributed by atoms with Crippen molar-refractivity contribution in [3.63, 3.8) is 0 Å². The third-order valence-corrected chi connectivity index (χ3v) is 2.88. The normalized spacial score (nSPS) is 11.8. The van der Waals surface area contributed by atoms with E-state index in [1.54, 1.807) is 13.8 Å². The van der Waals surface area contributed by atoms with E-state index < -0.39 is 25.2 Å². The first-order valence-electron chi connectivity index (χ1n) is 6.14. The number of carboxylic acids is 1. The minimum absolute atomic E-state index is 0.214. The number of halogens is 3. The van der Waals surface area contributed by atoms with Gasteiger partial charge in [0.15, 0.2) is 0 Å². The van der Waals surface area contributed by atoms with Crippen LogP contribution >= 0.6 is 0 Å². The molecule has 0 radical (unpaired) electrons. The van der Waals surface area contributed by atoms with Crippen molar-refractivity contribution in [1.82, 2.24) is 9.88 Å². The number of hydrogen-bond acceptors (Lipinski definition) is 4. The lowest BCUT2D eigenvalue weighted by Gasteiger charge is -2.22. The monoisotopic (exact) mass is 306 g/mol. The van der Waals surface area contributed by atoms with Crippen molar-refractivity contribution in [2.75, 3.05) is 20.2 Å². The van der Waals surface area contributed by atoms with Crippen molar-refractivity contribution in [2.24, 2.45) is 0 Å². The second-order valence-electron chi connectivity index (χ2n) is 4.70. The van der Waals surface area contributed by atoms with Crippen molar-refractivity contribution in [1.29, 1.82) is 0 Å². The van der Waals surface area contributed by atoms with Crippen LogP contribution in [-0.2, 0) is 11.3 Å². The number of aryl methyl sites for hydroxylation is 1. The van der Waals surface area contributed by atoms with E-state index in [4.69, 9.17) is 9.84 Å². The van der Waals surface area contributed by atoms with Gasteiger partial charge in [-0.3, -0.25) is 14.7 Å². The highest BCUT2D eigenvalue weighted by Crippen LogP contribution is 2.25. The summed E-state index contributed by atoms with van der Waals surface area (Å²) >= 11 is 0. The number of carbonyl (C=O) groups is 1. The summed E-state index contributed by atoms with van der Waals surface area (Å²) in [6, 6.07) is 0. The average molecular weight is 306 g/mol. The molecular weight excluding hydrogens is 289 g/mol. The van der Waals surface area contributed by atoms with E-state index >= 15 is 0 Å². The number of rotatable bonds is 6. The highest BCUT2D eigenvalue weighted by Gasteiger charge is 2.32. The van der Waals surface area contributed by atoms with Gasteiger partial charge in [-0.15, -0.1) is 0 Å². The van der Waals surface area contributed by atoms with Crippen LogP contribution in [0.25, 0.3) is 0 Å². The summed E-state index contributed by atoms with van der Waals surface area (Å²) in [7, 11) is 1.46. The molecule has 1 aromatic rings. The van der Waals surface area contributed by atoms with Crippen LogP contribution in [0.5, 0.6) is 5.75 Å². The number of pyridine rings is 1. The lowest BCUT2D eigenvalue weighted by molar-refractivity contribution is -0.155. The molecule has 1 N–H and O–H groups in total. The van der Waals surface area contributed by atoms with Gasteiger partial charge in [0, 0.05) is 23.9 Å². The number of methoxy groups -OCH3 is 1. The Balaban J connectivity index is 3.00. The molecule has 0 aliphatic heterocycles. The molecule has 0 saturated carbocycles. The minimum Gasteiger partial charge on any atom is -0.496 e. The highest BCUT2D eigenvalue weighted by atomic mass is 19.4. The molecule has 0 unspecified atom stereocenters. The zero-order valence-electron chi connectivity index (χ0n) is 12.0. The summed E-state index contributed by atoms with van der Waals surface area (Å²) in [6.45, 7) is 1.22. The molecule has 118 valence electrons. The van der Waals surface area contributed by atoms with E-state index in [-0.39, 0.29) is 6.54 Å². The predicted octanol–water partition coefficient (Wildman–Crippen LogP) is 2.16. The standard InChI is InChI=1S/C13H17F3N2O3/c1-8-4-17-10(9(2)12(8)21-3)5-18(6-11(19)20)7-13(14,15)16/h4H,5-7H2,1-3H3,(H,19,20). The second kappa shape index (κ2) is 6.75. The molecule has 8 heteroatoms. The zero-order chi connectivity index (χ0) is 16.2. The molecule has 1 rings (SSSR count). The van der Waals surface area contributed by atoms with Gasteiger partial charge >= 0.3 is 12.1 Å². The average Bonchev–Trinajstić information content (AvgIpc) is 2.30. The third kappa shape index (κ3) is 5.22. The van der Waals surface area contributed by atoms with Crippen LogP contribution in [0.3, 0.4) is 0 Å². The van der Waals surface area contributed by atoms with Crippen LogP contribution in [0.15, 0.2) is 6.20 Å². The maximum absolute atomic E-state index is 12.5. The van der Waals surface area contributed by atoms with E-state index in [9.17, 15) is 18.0 Å². The number of carboxylic acid groups (broad SMARTS) is 1. The molecule has 5 nitrogen and oxygen atoms in total. The molecule has 0 aromatic carbocycles. The molecule has 0 amide bonds. The SMILES string of the molecule is COc1c(C)cnc(CN(CC(=O)O)CC(F)(F)F)c1C. The molecule has 21 heavy (non-hydrogen) atoms. The van der Waals surface area contributed by atoms with Crippen molar-refractivity contribution in [3.05, 3.63) is 23.0 Å². The fraction of sp³-hybridized carbons (Fsp3) is 0.538. The number of nitrogens with zero attached hydrogens (tertiary/aromatic N) is 2. The lowest BCUT2D eigenvalue weighted by atomic mass is 10.1. The predicted molar refractivity (Wildman–Crippen MR) is 69.2 cm³/mol. The summed E-state index contributed by atoms with van der Waals surface area (Å²) < 4.78 is 42.7. The van der Waals surface area contributed by atoms with E-state index in [1.807, 2.05) is 0 Å². The van der Waals surface area contributed by atoms with Gasteiger partial charge in [-0.05, 0) is 13.8 Å². The molecule has 0 spiro atoms. The van der Waals surface area contributed by atoms with E-state index in [0.29, 0.717) is 17.0 Å². The smallest absolute Gasteiger partial charge is 0.401 e. The summed E-state index contributed by atoms with van der Waals surface area (Å²) in [4.78, 5) is 15.6. The van der Waals surface area contributed by atoms with Crippen molar-refractivity contribution < 1.29 is 27.8 Å². The number of hydrogen-bond donors (Lipinski definition) is 1. The molecule has 0 aliphatic carbocycles. The Hall–Kier alpha value is -1.83. The van der Waals surface area contributed by atoms with Gasteiger partial charge in [0.25, 0.3) is 0 Å². The van der Waals surface area contributed by atoms with Crippen molar-refractivity contribution >= 4 is 5.97 Å². The Morgan fingerprint density at radius 1 is 1.43 bits per heavy atom. The Morgan fingerprint density at radius 2 is 2.05 bits per heavy atom. The molecular formula is C13H17F3N2O3. The topological polar surface area (TPSA) is 62.7 Å². The van der Waals surface area contributed by atoms with Crippen LogP contribution in [0.4, 0.5) is 13.2 Å². The summed E-state index contributed by atoms with van der Waals surface area (Å²) in [5, 5.41) is 8.72. The van der Waals surface area contributed by atoms with Crippen LogP contribution in [0, 0.1) is 13.8 Å². The maximum Gasteiger partial charge on any atom is 0.401 e. The number of alkyl halides is 3. The van der Waals surface area contributed by atoms with Gasteiger partial charge in [-0.25, -0.2) is 0 Å². The van der Waals surface area contributed by atoms with Crippen molar-refractivity contribution in [2.45, 2.75) is 26.6 Å². The molecule has 0 atom stereocenters. The summed E-state index contributed by atoms with van der Waals surface area (Å²) in [5.41, 5.74) is 1.73. The molecule has 0 fully saturated rings. The first-order chi connectivity index (χ1) is 9.64. The molecule has 1 aromatic heterocycles. The Morgan fingerprint density at radius 3 is 2.52 bits per heavy atom. The second-order valence-corrected chi connectivity index (χ2v) is 4.70. The van der Waals surface area contributed by atoms with Gasteiger partial charge in [0.05, 0.1) is 25.9 Å². The fourth-order valence-corrected chi connectivity index (χ4v) is 2.05. The van der Waals surface area contributed by atoms with Gasteiger partial charge in [0.1, 0.15) is 5.75 Å². The zero-order valence-corrected chi connectivity index (χ0v) is 12.0. The van der Waals surface area contributed by atoms with Crippen LogP contribution in [0.2, 0.25) is 0 Å². The van der Waals surface area contributed by atoms with Crippen LogP contribution in [0.1, 0.15) is 16.8 Å².